The van der Waals surface area contributed by atoms with Crippen LogP contribution in [0.4, 0.5) is 4.79 Å². The molecule has 2 aromatic heterocycles. The van der Waals surface area contributed by atoms with Gasteiger partial charge in [0.2, 0.25) is 0 Å². The summed E-state index contributed by atoms with van der Waals surface area (Å²) in [6.45, 7) is 5.88. The van der Waals surface area contributed by atoms with Crippen molar-refractivity contribution >= 4 is 28.8 Å². The molecule has 3 aromatic rings. The van der Waals surface area contributed by atoms with Crippen LogP contribution in [0.15, 0.2) is 43.1 Å². The molecular formula is C27H31N5O6. The maximum atomic E-state index is 13.1. The maximum absolute atomic E-state index is 13.1. The zero-order valence-electron chi connectivity index (χ0n) is 21.4. The standard InChI is InChI=1S/C27H31N5O6/c1-3-12-36-19-7-5-6-17(13-19)26-37-15-21(38-26)23-24-22(29-16-30-23)20(14-28-24)25(33)31-18-8-10-32(11-9-18)27(34)35-4-2/h5-7,13-16,18,26,28H,3-4,8-12H2,1-2H3,(H,31,33). The molecule has 2 amide bonds. The molecule has 2 aliphatic rings. The van der Waals surface area contributed by atoms with Crippen LogP contribution in [0.1, 0.15) is 61.0 Å². The van der Waals surface area contributed by atoms with E-state index in [1.807, 2.05) is 24.3 Å². The van der Waals surface area contributed by atoms with Crippen molar-refractivity contribution in [2.75, 3.05) is 26.3 Å². The number of hydrogen-bond acceptors (Lipinski definition) is 8. The highest BCUT2D eigenvalue weighted by Crippen LogP contribution is 2.36. The fourth-order valence-electron chi connectivity index (χ4n) is 4.51. The van der Waals surface area contributed by atoms with E-state index in [9.17, 15) is 9.59 Å². The highest BCUT2D eigenvalue weighted by atomic mass is 16.7. The molecule has 2 N–H and O–H groups in total. The van der Waals surface area contributed by atoms with Gasteiger partial charge in [-0.1, -0.05) is 19.1 Å². The van der Waals surface area contributed by atoms with E-state index in [1.165, 1.54) is 12.6 Å². The highest BCUT2D eigenvalue weighted by Gasteiger charge is 2.28. The topological polar surface area (TPSA) is 128 Å². The Hall–Kier alpha value is -4.28. The number of carbonyl (C=O) groups is 2. The Bertz CT molecular complexity index is 1330. The summed E-state index contributed by atoms with van der Waals surface area (Å²) < 4.78 is 22.6. The Balaban J connectivity index is 1.25. The van der Waals surface area contributed by atoms with E-state index >= 15 is 0 Å². The van der Waals surface area contributed by atoms with Crippen LogP contribution in [-0.2, 0) is 14.2 Å². The van der Waals surface area contributed by atoms with Crippen molar-refractivity contribution in [1.82, 2.24) is 25.2 Å². The normalized spacial score (nSPS) is 17.5. The van der Waals surface area contributed by atoms with Gasteiger partial charge in [0, 0.05) is 30.9 Å². The number of aromatic amines is 1. The lowest BCUT2D eigenvalue weighted by Crippen LogP contribution is -2.46. The van der Waals surface area contributed by atoms with Gasteiger partial charge in [0.15, 0.2) is 5.76 Å². The van der Waals surface area contributed by atoms with E-state index in [2.05, 4.69) is 27.2 Å². The van der Waals surface area contributed by atoms with Gasteiger partial charge in [0.1, 0.15) is 29.5 Å². The summed E-state index contributed by atoms with van der Waals surface area (Å²) >= 11 is 0. The van der Waals surface area contributed by atoms with Crippen molar-refractivity contribution < 1.29 is 28.5 Å². The summed E-state index contributed by atoms with van der Waals surface area (Å²) in [7, 11) is 0. The zero-order valence-corrected chi connectivity index (χ0v) is 21.4. The fraction of sp³-hybridized carbons (Fsp3) is 0.407. The number of aromatic nitrogens is 3. The first-order valence-electron chi connectivity index (χ1n) is 12.9. The summed E-state index contributed by atoms with van der Waals surface area (Å²) in [6, 6.07) is 7.54. The van der Waals surface area contributed by atoms with Crippen molar-refractivity contribution in [3.63, 3.8) is 0 Å². The molecule has 2 aliphatic heterocycles. The molecule has 1 fully saturated rings. The second-order valence-corrected chi connectivity index (χ2v) is 9.07. The predicted molar refractivity (Wildman–Crippen MR) is 138 cm³/mol. The molecule has 1 unspecified atom stereocenters. The molecule has 1 atom stereocenters. The average molecular weight is 522 g/mol. The van der Waals surface area contributed by atoms with E-state index < -0.39 is 6.29 Å². The number of carbonyl (C=O) groups excluding carboxylic acids is 2. The van der Waals surface area contributed by atoms with Crippen molar-refractivity contribution in [1.29, 1.82) is 0 Å². The molecule has 1 aromatic carbocycles. The minimum Gasteiger partial charge on any atom is -0.494 e. The number of hydrogen-bond donors (Lipinski definition) is 2. The molecule has 0 radical (unpaired) electrons. The van der Waals surface area contributed by atoms with E-state index in [0.717, 1.165) is 17.7 Å². The molecule has 11 nitrogen and oxygen atoms in total. The summed E-state index contributed by atoms with van der Waals surface area (Å²) in [4.78, 5) is 38.5. The molecule has 11 heteroatoms. The van der Waals surface area contributed by atoms with Crippen LogP contribution in [0.5, 0.6) is 5.75 Å². The molecular weight excluding hydrogens is 490 g/mol. The van der Waals surface area contributed by atoms with Crippen LogP contribution in [0.2, 0.25) is 0 Å². The molecule has 4 heterocycles. The Morgan fingerprint density at radius 1 is 1.21 bits per heavy atom. The van der Waals surface area contributed by atoms with Gasteiger partial charge in [-0.25, -0.2) is 14.8 Å². The van der Waals surface area contributed by atoms with Crippen LogP contribution < -0.4 is 10.1 Å². The van der Waals surface area contributed by atoms with Gasteiger partial charge < -0.3 is 34.1 Å². The molecule has 0 bridgehead atoms. The largest absolute Gasteiger partial charge is 0.494 e. The van der Waals surface area contributed by atoms with Gasteiger partial charge in [-0.05, 0) is 38.3 Å². The van der Waals surface area contributed by atoms with Crippen molar-refractivity contribution in [3.8, 4) is 5.75 Å². The van der Waals surface area contributed by atoms with Gasteiger partial charge >= 0.3 is 6.09 Å². The van der Waals surface area contributed by atoms with Crippen LogP contribution in [0.25, 0.3) is 16.8 Å². The molecule has 0 spiro atoms. The summed E-state index contributed by atoms with van der Waals surface area (Å²) in [5.74, 6) is 0.943. The Morgan fingerprint density at radius 3 is 2.84 bits per heavy atom. The van der Waals surface area contributed by atoms with Crippen LogP contribution in [-0.4, -0.2) is 64.2 Å². The average Bonchev–Trinajstić information content (AvgIpc) is 3.61. The number of amides is 2. The van der Waals surface area contributed by atoms with Crippen molar-refractivity contribution in [2.24, 2.45) is 0 Å². The van der Waals surface area contributed by atoms with Crippen molar-refractivity contribution in [3.05, 3.63) is 59.9 Å². The lowest BCUT2D eigenvalue weighted by molar-refractivity contribution is -0.0173. The third-order valence-corrected chi connectivity index (χ3v) is 6.43. The molecule has 5 rings (SSSR count). The summed E-state index contributed by atoms with van der Waals surface area (Å²) in [5.41, 5.74) is 2.78. The monoisotopic (exact) mass is 521 g/mol. The molecule has 0 saturated carbocycles. The summed E-state index contributed by atoms with van der Waals surface area (Å²) in [5, 5.41) is 3.06. The Labute approximate surface area is 220 Å². The van der Waals surface area contributed by atoms with E-state index in [4.69, 9.17) is 18.9 Å². The second-order valence-electron chi connectivity index (χ2n) is 9.07. The van der Waals surface area contributed by atoms with Gasteiger partial charge in [0.25, 0.3) is 12.2 Å². The zero-order chi connectivity index (χ0) is 26.5. The van der Waals surface area contributed by atoms with Gasteiger partial charge in [0.05, 0.1) is 24.3 Å². The van der Waals surface area contributed by atoms with Crippen LogP contribution >= 0.6 is 0 Å². The lowest BCUT2D eigenvalue weighted by atomic mass is 10.0. The SMILES string of the molecule is CCCOc1cccc(C2OC=C(c3ncnc4c(C(=O)NC5CCN(C(=O)OCC)CC5)c[nH]c34)O2)c1. The van der Waals surface area contributed by atoms with Gasteiger partial charge in [-0.15, -0.1) is 0 Å². The molecule has 0 aliphatic carbocycles. The second kappa shape index (κ2) is 11.4. The number of piperidine rings is 1. The van der Waals surface area contributed by atoms with Gasteiger partial charge in [-0.2, -0.15) is 0 Å². The highest BCUT2D eigenvalue weighted by molar-refractivity contribution is 6.06. The number of nitrogens with zero attached hydrogens (tertiary/aromatic N) is 3. The van der Waals surface area contributed by atoms with Gasteiger partial charge in [-0.3, -0.25) is 4.79 Å². The smallest absolute Gasteiger partial charge is 0.409 e. The molecule has 200 valence electrons. The number of likely N-dealkylation sites (tertiary alicyclic amines) is 1. The summed E-state index contributed by atoms with van der Waals surface area (Å²) in [6.07, 6.45) is 5.80. The molecule has 1 saturated heterocycles. The van der Waals surface area contributed by atoms with E-state index in [1.54, 1.807) is 18.0 Å². The first kappa shape index (κ1) is 25.4. The predicted octanol–water partition coefficient (Wildman–Crippen LogP) is 4.14. The Morgan fingerprint density at radius 2 is 2.05 bits per heavy atom. The number of benzene rings is 1. The third-order valence-electron chi connectivity index (χ3n) is 6.43. The number of rotatable bonds is 8. The van der Waals surface area contributed by atoms with Crippen LogP contribution in [0.3, 0.4) is 0 Å². The van der Waals surface area contributed by atoms with Crippen molar-refractivity contribution in [2.45, 2.75) is 45.4 Å². The minimum atomic E-state index is -0.640. The maximum Gasteiger partial charge on any atom is 0.409 e. The van der Waals surface area contributed by atoms with E-state index in [-0.39, 0.29) is 18.0 Å². The van der Waals surface area contributed by atoms with Crippen LogP contribution in [0, 0.1) is 0 Å². The number of ether oxygens (including phenoxy) is 4. The third kappa shape index (κ3) is 5.36. The first-order valence-corrected chi connectivity index (χ1v) is 12.9. The number of H-pyrrole nitrogens is 1. The quantitative estimate of drug-likeness (QED) is 0.453. The van der Waals surface area contributed by atoms with E-state index in [0.29, 0.717) is 67.2 Å². The lowest BCUT2D eigenvalue weighted by Gasteiger charge is -2.31. The Kier molecular flexibility index (Phi) is 7.62. The number of nitrogens with one attached hydrogen (secondary N) is 2. The first-order chi connectivity index (χ1) is 18.6. The molecule has 38 heavy (non-hydrogen) atoms. The minimum absolute atomic E-state index is 0.0495. The fourth-order valence-corrected chi connectivity index (χ4v) is 4.51. The number of fused-ring (bicyclic) bond motifs is 1.